The lowest BCUT2D eigenvalue weighted by molar-refractivity contribution is 0.111. The fraction of sp³-hybridized carbons (Fsp3) is 0.0769. The van der Waals surface area contributed by atoms with Crippen molar-refractivity contribution in [2.45, 2.75) is 6.61 Å². The second-order valence-electron chi connectivity index (χ2n) is 3.46. The van der Waals surface area contributed by atoms with Crippen LogP contribution in [0.1, 0.15) is 15.9 Å². The molecule has 0 saturated heterocycles. The summed E-state index contributed by atoms with van der Waals surface area (Å²) in [4.78, 5) is 14.8. The highest BCUT2D eigenvalue weighted by Gasteiger charge is 2.02. The number of hydrogen-bond donors (Lipinski definition) is 0. The van der Waals surface area contributed by atoms with Crippen molar-refractivity contribution in [3.05, 3.63) is 58.3 Å². The summed E-state index contributed by atoms with van der Waals surface area (Å²) < 4.78 is 6.48. The molecule has 0 aliphatic carbocycles. The van der Waals surface area contributed by atoms with Crippen LogP contribution in [0.25, 0.3) is 0 Å². The molecule has 2 rings (SSSR count). The van der Waals surface area contributed by atoms with E-state index in [-0.39, 0.29) is 0 Å². The van der Waals surface area contributed by atoms with E-state index in [1.807, 2.05) is 12.1 Å². The molecule has 2 aromatic rings. The second kappa shape index (κ2) is 5.59. The van der Waals surface area contributed by atoms with E-state index in [2.05, 4.69) is 20.9 Å². The van der Waals surface area contributed by atoms with E-state index in [4.69, 9.17) is 4.74 Å². The Balaban J connectivity index is 2.09. The summed E-state index contributed by atoms with van der Waals surface area (Å²) in [5.74, 6) is 0.586. The van der Waals surface area contributed by atoms with Crippen molar-refractivity contribution in [3.63, 3.8) is 0 Å². The molecule has 3 nitrogen and oxygen atoms in total. The van der Waals surface area contributed by atoms with Gasteiger partial charge in [0.2, 0.25) is 0 Å². The molecule has 0 N–H and O–H groups in total. The molecule has 0 aliphatic heterocycles. The molecule has 0 fully saturated rings. The number of benzene rings is 1. The van der Waals surface area contributed by atoms with Crippen molar-refractivity contribution in [2.24, 2.45) is 0 Å². The van der Waals surface area contributed by atoms with Crippen LogP contribution in [0.3, 0.4) is 0 Å². The van der Waals surface area contributed by atoms with Gasteiger partial charge in [0.25, 0.3) is 0 Å². The molecule has 0 amide bonds. The second-order valence-corrected chi connectivity index (χ2v) is 4.37. The maximum Gasteiger partial charge on any atom is 0.153 e. The van der Waals surface area contributed by atoms with Crippen molar-refractivity contribution < 1.29 is 9.53 Å². The van der Waals surface area contributed by atoms with Crippen molar-refractivity contribution in [1.82, 2.24) is 4.98 Å². The van der Waals surface area contributed by atoms with Gasteiger partial charge in [-0.3, -0.25) is 9.78 Å². The highest BCUT2D eigenvalue weighted by atomic mass is 79.9. The minimum Gasteiger partial charge on any atom is -0.488 e. The highest BCUT2D eigenvalue weighted by molar-refractivity contribution is 9.10. The Bertz CT molecular complexity index is 528. The molecule has 1 aromatic heterocycles. The lowest BCUT2D eigenvalue weighted by Crippen LogP contribution is -1.98. The van der Waals surface area contributed by atoms with Crippen molar-refractivity contribution in [3.8, 4) is 5.75 Å². The van der Waals surface area contributed by atoms with E-state index in [1.165, 1.54) is 0 Å². The zero-order chi connectivity index (χ0) is 12.1. The van der Waals surface area contributed by atoms with Gasteiger partial charge in [0.1, 0.15) is 12.4 Å². The number of aldehydes is 1. The predicted molar refractivity (Wildman–Crippen MR) is 68.1 cm³/mol. The molecule has 0 saturated carbocycles. The van der Waals surface area contributed by atoms with Gasteiger partial charge in [-0.25, -0.2) is 0 Å². The quantitative estimate of drug-likeness (QED) is 0.812. The number of nitrogens with zero attached hydrogens (tertiary/aromatic N) is 1. The molecule has 0 spiro atoms. The highest BCUT2D eigenvalue weighted by Crippen LogP contribution is 2.18. The zero-order valence-corrected chi connectivity index (χ0v) is 10.6. The fourth-order valence-electron chi connectivity index (χ4n) is 1.41. The van der Waals surface area contributed by atoms with E-state index in [1.54, 1.807) is 30.6 Å². The van der Waals surface area contributed by atoms with Gasteiger partial charge in [-0.1, -0.05) is 12.1 Å². The van der Waals surface area contributed by atoms with Gasteiger partial charge >= 0.3 is 0 Å². The van der Waals surface area contributed by atoms with E-state index < -0.39 is 0 Å². The minimum atomic E-state index is 0.386. The van der Waals surface area contributed by atoms with E-state index in [9.17, 15) is 4.79 Å². The Labute approximate surface area is 108 Å². The summed E-state index contributed by atoms with van der Waals surface area (Å²) in [5, 5.41) is 0. The van der Waals surface area contributed by atoms with Gasteiger partial charge in [-0.2, -0.15) is 0 Å². The Morgan fingerprint density at radius 1 is 1.29 bits per heavy atom. The number of pyridine rings is 1. The van der Waals surface area contributed by atoms with Crippen LogP contribution in [0.5, 0.6) is 5.75 Å². The van der Waals surface area contributed by atoms with Gasteiger partial charge in [0.05, 0.1) is 5.56 Å². The molecule has 86 valence electrons. The molecule has 4 heteroatoms. The number of para-hydroxylation sites is 1. The lowest BCUT2D eigenvalue weighted by atomic mass is 10.2. The summed E-state index contributed by atoms with van der Waals surface area (Å²) in [5.41, 5.74) is 1.50. The molecular formula is C13H10BrNO2. The van der Waals surface area contributed by atoms with Crippen LogP contribution < -0.4 is 4.74 Å². The van der Waals surface area contributed by atoms with Crippen LogP contribution in [0.15, 0.2) is 47.2 Å². The summed E-state index contributed by atoms with van der Waals surface area (Å²) in [6.45, 7) is 0.386. The third-order valence-corrected chi connectivity index (χ3v) is 2.64. The van der Waals surface area contributed by atoms with Crippen molar-refractivity contribution in [1.29, 1.82) is 0 Å². The molecule has 0 unspecified atom stereocenters. The number of aromatic nitrogens is 1. The largest absolute Gasteiger partial charge is 0.488 e. The Morgan fingerprint density at radius 3 is 2.88 bits per heavy atom. The third-order valence-electron chi connectivity index (χ3n) is 2.20. The molecular weight excluding hydrogens is 282 g/mol. The summed E-state index contributed by atoms with van der Waals surface area (Å²) >= 11 is 3.34. The third kappa shape index (κ3) is 3.14. The predicted octanol–water partition coefficient (Wildman–Crippen LogP) is 3.24. The Hall–Kier alpha value is -1.68. The van der Waals surface area contributed by atoms with Crippen LogP contribution in [0.4, 0.5) is 0 Å². The topological polar surface area (TPSA) is 39.2 Å². The SMILES string of the molecule is O=Cc1ccccc1OCc1cncc(Br)c1. The van der Waals surface area contributed by atoms with Crippen molar-refractivity contribution >= 4 is 22.2 Å². The molecule has 0 bridgehead atoms. The molecule has 0 aliphatic rings. The molecule has 1 heterocycles. The van der Waals surface area contributed by atoms with E-state index >= 15 is 0 Å². The summed E-state index contributed by atoms with van der Waals surface area (Å²) in [7, 11) is 0. The Morgan fingerprint density at radius 2 is 2.12 bits per heavy atom. The number of rotatable bonds is 4. The van der Waals surface area contributed by atoms with Crippen LogP contribution in [-0.2, 0) is 6.61 Å². The first-order valence-electron chi connectivity index (χ1n) is 5.06. The number of hydrogen-bond acceptors (Lipinski definition) is 3. The van der Waals surface area contributed by atoms with Gasteiger partial charge in [0, 0.05) is 22.4 Å². The normalized spacial score (nSPS) is 9.94. The van der Waals surface area contributed by atoms with Gasteiger partial charge in [-0.05, 0) is 34.1 Å². The molecule has 17 heavy (non-hydrogen) atoms. The average Bonchev–Trinajstić information content (AvgIpc) is 2.37. The Kier molecular flexibility index (Phi) is 3.88. The van der Waals surface area contributed by atoms with Crippen molar-refractivity contribution in [2.75, 3.05) is 0 Å². The van der Waals surface area contributed by atoms with E-state index in [0.717, 1.165) is 16.3 Å². The smallest absolute Gasteiger partial charge is 0.153 e. The number of carbonyl (C=O) groups is 1. The first kappa shape index (κ1) is 11.8. The maximum atomic E-state index is 10.8. The van der Waals surface area contributed by atoms with E-state index in [0.29, 0.717) is 17.9 Å². The first-order valence-corrected chi connectivity index (χ1v) is 5.85. The van der Waals surface area contributed by atoms with Gasteiger partial charge in [0.15, 0.2) is 6.29 Å². The van der Waals surface area contributed by atoms with Crippen LogP contribution in [0.2, 0.25) is 0 Å². The van der Waals surface area contributed by atoms with Gasteiger partial charge in [-0.15, -0.1) is 0 Å². The van der Waals surface area contributed by atoms with Crippen LogP contribution in [-0.4, -0.2) is 11.3 Å². The fourth-order valence-corrected chi connectivity index (χ4v) is 1.82. The monoisotopic (exact) mass is 291 g/mol. The average molecular weight is 292 g/mol. The first-order chi connectivity index (χ1) is 8.29. The number of ether oxygens (including phenoxy) is 1. The molecule has 1 aromatic carbocycles. The zero-order valence-electron chi connectivity index (χ0n) is 8.97. The summed E-state index contributed by atoms with van der Waals surface area (Å²) in [6.07, 6.45) is 4.23. The maximum absolute atomic E-state index is 10.8. The standard InChI is InChI=1S/C13H10BrNO2/c14-12-5-10(6-15-7-12)9-17-13-4-2-1-3-11(13)8-16/h1-8H,9H2. The van der Waals surface area contributed by atoms with Crippen LogP contribution in [0, 0.1) is 0 Å². The number of halogens is 1. The molecule has 0 radical (unpaired) electrons. The minimum absolute atomic E-state index is 0.386. The number of carbonyl (C=O) groups excluding carboxylic acids is 1. The molecule has 0 atom stereocenters. The van der Waals surface area contributed by atoms with Gasteiger partial charge < -0.3 is 4.74 Å². The van der Waals surface area contributed by atoms with Crippen LogP contribution >= 0.6 is 15.9 Å². The summed E-state index contributed by atoms with van der Waals surface area (Å²) in [6, 6.07) is 9.06. The lowest BCUT2D eigenvalue weighted by Gasteiger charge is -2.07.